The lowest BCUT2D eigenvalue weighted by Crippen LogP contribution is -2.32. The van der Waals surface area contributed by atoms with E-state index in [0.717, 1.165) is 19.5 Å². The van der Waals surface area contributed by atoms with E-state index in [1.165, 1.54) is 20.0 Å². The van der Waals surface area contributed by atoms with Gasteiger partial charge in [-0.3, -0.25) is 4.79 Å². The van der Waals surface area contributed by atoms with E-state index in [0.29, 0.717) is 18.3 Å². The Hall–Kier alpha value is -0.570. The van der Waals surface area contributed by atoms with Crippen molar-refractivity contribution in [1.82, 2.24) is 5.32 Å². The number of esters is 1. The zero-order valence-electron chi connectivity index (χ0n) is 9.21. The van der Waals surface area contributed by atoms with Gasteiger partial charge in [-0.25, -0.2) is 0 Å². The van der Waals surface area contributed by atoms with E-state index in [4.69, 9.17) is 4.74 Å². The molecule has 0 spiro atoms. The zero-order valence-corrected chi connectivity index (χ0v) is 9.21. The fourth-order valence-electron chi connectivity index (χ4n) is 2.26. The second kappa shape index (κ2) is 6.02. The van der Waals surface area contributed by atoms with Crippen molar-refractivity contribution in [2.24, 2.45) is 11.8 Å². The van der Waals surface area contributed by atoms with Crippen LogP contribution in [-0.4, -0.2) is 26.2 Å². The maximum Gasteiger partial charge on any atom is 0.305 e. The van der Waals surface area contributed by atoms with E-state index in [1.54, 1.807) is 0 Å². The molecule has 0 radical (unpaired) electrons. The third-order valence-corrected chi connectivity index (χ3v) is 3.23. The molecule has 0 bridgehead atoms. The molecule has 1 unspecified atom stereocenters. The molecule has 0 aromatic rings. The Balaban J connectivity index is 2.39. The van der Waals surface area contributed by atoms with Crippen LogP contribution in [-0.2, 0) is 9.53 Å². The van der Waals surface area contributed by atoms with Crippen molar-refractivity contribution in [2.45, 2.75) is 32.6 Å². The van der Waals surface area contributed by atoms with E-state index >= 15 is 0 Å². The first kappa shape index (κ1) is 11.5. The first-order chi connectivity index (χ1) is 6.77. The molecule has 0 saturated carbocycles. The number of carbonyl (C=O) groups is 1. The number of nitrogens with one attached hydrogen (secondary N) is 1. The highest BCUT2D eigenvalue weighted by atomic mass is 16.5. The molecular formula is C11H21NO2. The molecule has 1 atom stereocenters. The van der Waals surface area contributed by atoms with Crippen LogP contribution in [0.3, 0.4) is 0 Å². The summed E-state index contributed by atoms with van der Waals surface area (Å²) in [7, 11) is 1.47. The van der Waals surface area contributed by atoms with Crippen LogP contribution >= 0.6 is 0 Å². The van der Waals surface area contributed by atoms with E-state index in [2.05, 4.69) is 12.2 Å². The van der Waals surface area contributed by atoms with Crippen molar-refractivity contribution in [1.29, 1.82) is 0 Å². The number of methoxy groups -OCH3 is 1. The van der Waals surface area contributed by atoms with E-state index < -0.39 is 0 Å². The second-order valence-electron chi connectivity index (χ2n) is 4.04. The molecular weight excluding hydrogens is 178 g/mol. The van der Waals surface area contributed by atoms with Gasteiger partial charge in [0, 0.05) is 6.42 Å². The minimum absolute atomic E-state index is 0.0598. The van der Waals surface area contributed by atoms with Gasteiger partial charge in [-0.15, -0.1) is 0 Å². The maximum absolute atomic E-state index is 11.2. The molecule has 1 saturated heterocycles. The fraction of sp³-hybridized carbons (Fsp3) is 0.909. The molecule has 1 aliphatic heterocycles. The van der Waals surface area contributed by atoms with Crippen LogP contribution in [0.25, 0.3) is 0 Å². The van der Waals surface area contributed by atoms with Crippen LogP contribution in [0.4, 0.5) is 0 Å². The number of hydrogen-bond donors (Lipinski definition) is 1. The van der Waals surface area contributed by atoms with E-state index in [-0.39, 0.29) is 5.97 Å². The fourth-order valence-corrected chi connectivity index (χ4v) is 2.26. The summed E-state index contributed by atoms with van der Waals surface area (Å²) >= 11 is 0. The van der Waals surface area contributed by atoms with Crippen molar-refractivity contribution in [3.63, 3.8) is 0 Å². The molecule has 1 heterocycles. The van der Waals surface area contributed by atoms with Gasteiger partial charge < -0.3 is 10.1 Å². The van der Waals surface area contributed by atoms with Gasteiger partial charge in [0.2, 0.25) is 0 Å². The lowest BCUT2D eigenvalue weighted by atomic mass is 9.81. The summed E-state index contributed by atoms with van der Waals surface area (Å²) in [5, 5.41) is 3.34. The van der Waals surface area contributed by atoms with Crippen LogP contribution < -0.4 is 5.32 Å². The van der Waals surface area contributed by atoms with Crippen LogP contribution in [0.2, 0.25) is 0 Å². The SMILES string of the molecule is CCC(CC(=O)OC)C1CCNCC1. The Bertz CT molecular complexity index is 176. The number of piperidine rings is 1. The smallest absolute Gasteiger partial charge is 0.305 e. The highest BCUT2D eigenvalue weighted by Crippen LogP contribution is 2.27. The second-order valence-corrected chi connectivity index (χ2v) is 4.04. The van der Waals surface area contributed by atoms with Crippen LogP contribution in [0.1, 0.15) is 32.6 Å². The Kier molecular flexibility index (Phi) is 4.94. The minimum Gasteiger partial charge on any atom is -0.469 e. The molecule has 0 aliphatic carbocycles. The minimum atomic E-state index is -0.0598. The van der Waals surface area contributed by atoms with Crippen LogP contribution in [0.5, 0.6) is 0 Å². The molecule has 3 heteroatoms. The van der Waals surface area contributed by atoms with Crippen molar-refractivity contribution in [3.05, 3.63) is 0 Å². The van der Waals surface area contributed by atoms with Gasteiger partial charge >= 0.3 is 5.97 Å². The van der Waals surface area contributed by atoms with Gasteiger partial charge in [0.15, 0.2) is 0 Å². The number of carbonyl (C=O) groups excluding carboxylic acids is 1. The summed E-state index contributed by atoms with van der Waals surface area (Å²) in [5.41, 5.74) is 0. The third kappa shape index (κ3) is 3.29. The Labute approximate surface area is 86.2 Å². The van der Waals surface area contributed by atoms with Crippen molar-refractivity contribution < 1.29 is 9.53 Å². The highest BCUT2D eigenvalue weighted by molar-refractivity contribution is 5.69. The molecule has 14 heavy (non-hydrogen) atoms. The monoisotopic (exact) mass is 199 g/mol. The van der Waals surface area contributed by atoms with Crippen LogP contribution in [0, 0.1) is 11.8 Å². The molecule has 1 fully saturated rings. The predicted molar refractivity (Wildman–Crippen MR) is 56.0 cm³/mol. The summed E-state index contributed by atoms with van der Waals surface area (Å²) in [4.78, 5) is 11.2. The quantitative estimate of drug-likeness (QED) is 0.698. The zero-order chi connectivity index (χ0) is 10.4. The van der Waals surface area contributed by atoms with Crippen molar-refractivity contribution in [3.8, 4) is 0 Å². The summed E-state index contributed by atoms with van der Waals surface area (Å²) < 4.78 is 4.72. The molecule has 1 aliphatic rings. The van der Waals surface area contributed by atoms with Gasteiger partial charge in [0.1, 0.15) is 0 Å². The largest absolute Gasteiger partial charge is 0.469 e. The Morgan fingerprint density at radius 3 is 2.64 bits per heavy atom. The van der Waals surface area contributed by atoms with E-state index in [9.17, 15) is 4.79 Å². The Morgan fingerprint density at radius 1 is 1.50 bits per heavy atom. The molecule has 3 nitrogen and oxygen atoms in total. The van der Waals surface area contributed by atoms with E-state index in [1.807, 2.05) is 0 Å². The predicted octanol–water partition coefficient (Wildman–Crippen LogP) is 1.58. The summed E-state index contributed by atoms with van der Waals surface area (Å²) in [6.07, 6.45) is 4.09. The standard InChI is InChI=1S/C11H21NO2/c1-3-9(8-11(13)14-2)10-4-6-12-7-5-10/h9-10,12H,3-8H2,1-2H3. The van der Waals surface area contributed by atoms with Crippen molar-refractivity contribution >= 4 is 5.97 Å². The summed E-state index contributed by atoms with van der Waals surface area (Å²) in [6.45, 7) is 4.36. The highest BCUT2D eigenvalue weighted by Gasteiger charge is 2.24. The van der Waals surface area contributed by atoms with Crippen molar-refractivity contribution in [2.75, 3.05) is 20.2 Å². The third-order valence-electron chi connectivity index (χ3n) is 3.23. The van der Waals surface area contributed by atoms with Gasteiger partial charge in [0.05, 0.1) is 7.11 Å². The van der Waals surface area contributed by atoms with Crippen LogP contribution in [0.15, 0.2) is 0 Å². The molecule has 82 valence electrons. The summed E-state index contributed by atoms with van der Waals surface area (Å²) in [6, 6.07) is 0. The number of ether oxygens (including phenoxy) is 1. The average Bonchev–Trinajstić information content (AvgIpc) is 2.26. The summed E-state index contributed by atoms with van der Waals surface area (Å²) in [5.74, 6) is 1.17. The average molecular weight is 199 g/mol. The van der Waals surface area contributed by atoms with Gasteiger partial charge in [-0.05, 0) is 37.8 Å². The molecule has 0 aromatic heterocycles. The molecule has 1 N–H and O–H groups in total. The Morgan fingerprint density at radius 2 is 2.14 bits per heavy atom. The number of hydrogen-bond acceptors (Lipinski definition) is 3. The first-order valence-electron chi connectivity index (χ1n) is 5.55. The number of rotatable bonds is 4. The molecule has 0 aromatic carbocycles. The van der Waals surface area contributed by atoms with Gasteiger partial charge in [0.25, 0.3) is 0 Å². The van der Waals surface area contributed by atoms with Gasteiger partial charge in [-0.1, -0.05) is 13.3 Å². The topological polar surface area (TPSA) is 38.3 Å². The molecule has 0 amide bonds. The maximum atomic E-state index is 11.2. The lowest BCUT2D eigenvalue weighted by molar-refractivity contribution is -0.142. The molecule has 1 rings (SSSR count). The van der Waals surface area contributed by atoms with Gasteiger partial charge in [-0.2, -0.15) is 0 Å². The normalized spacial score (nSPS) is 20.4. The first-order valence-corrected chi connectivity index (χ1v) is 5.55. The lowest BCUT2D eigenvalue weighted by Gasteiger charge is -2.29.